The summed E-state index contributed by atoms with van der Waals surface area (Å²) in [6, 6.07) is 7.02. The summed E-state index contributed by atoms with van der Waals surface area (Å²) in [5.74, 6) is 2.12. The van der Waals surface area contributed by atoms with E-state index in [0.29, 0.717) is 29.8 Å². The number of rotatable bonds is 7. The molecular formula is C15H19ClN2O3. The van der Waals surface area contributed by atoms with Gasteiger partial charge in [-0.25, -0.2) is 4.98 Å². The zero-order valence-corrected chi connectivity index (χ0v) is 12.9. The van der Waals surface area contributed by atoms with Crippen molar-refractivity contribution in [1.82, 2.24) is 10.3 Å². The Kier molecular flexibility index (Phi) is 5.61. The fourth-order valence-corrected chi connectivity index (χ4v) is 1.87. The van der Waals surface area contributed by atoms with Crippen molar-refractivity contribution in [2.75, 3.05) is 13.2 Å². The number of benzene rings is 1. The van der Waals surface area contributed by atoms with Gasteiger partial charge in [0.1, 0.15) is 24.2 Å². The van der Waals surface area contributed by atoms with Crippen LogP contribution in [0.2, 0.25) is 5.02 Å². The Morgan fingerprint density at radius 1 is 1.33 bits per heavy atom. The summed E-state index contributed by atoms with van der Waals surface area (Å²) in [7, 11) is 0. The van der Waals surface area contributed by atoms with Gasteiger partial charge in [0.15, 0.2) is 0 Å². The van der Waals surface area contributed by atoms with Crippen LogP contribution in [0, 0.1) is 13.8 Å². The Morgan fingerprint density at radius 2 is 2.05 bits per heavy atom. The molecule has 0 bridgehead atoms. The number of hydrogen-bond acceptors (Lipinski definition) is 5. The molecule has 1 aromatic carbocycles. The van der Waals surface area contributed by atoms with Gasteiger partial charge in [-0.05, 0) is 38.1 Å². The van der Waals surface area contributed by atoms with E-state index in [4.69, 9.17) is 20.8 Å². The van der Waals surface area contributed by atoms with Crippen LogP contribution in [0.5, 0.6) is 5.75 Å². The number of oxazole rings is 1. The van der Waals surface area contributed by atoms with E-state index in [0.717, 1.165) is 11.5 Å². The first-order valence-electron chi connectivity index (χ1n) is 6.74. The van der Waals surface area contributed by atoms with Gasteiger partial charge in [0.05, 0.1) is 12.2 Å². The fourth-order valence-electron chi connectivity index (χ4n) is 1.74. The Balaban J connectivity index is 1.67. The largest absolute Gasteiger partial charge is 0.491 e. The van der Waals surface area contributed by atoms with Gasteiger partial charge in [0.25, 0.3) is 0 Å². The molecule has 0 fully saturated rings. The minimum Gasteiger partial charge on any atom is -0.491 e. The monoisotopic (exact) mass is 310 g/mol. The lowest BCUT2D eigenvalue weighted by Gasteiger charge is -2.12. The van der Waals surface area contributed by atoms with E-state index in [1.807, 2.05) is 13.8 Å². The molecule has 1 atom stereocenters. The quantitative estimate of drug-likeness (QED) is 0.822. The number of aromatic nitrogens is 1. The molecule has 1 heterocycles. The van der Waals surface area contributed by atoms with Gasteiger partial charge in [0.2, 0.25) is 5.89 Å². The zero-order chi connectivity index (χ0) is 15.2. The van der Waals surface area contributed by atoms with Crippen LogP contribution < -0.4 is 10.1 Å². The number of nitrogens with zero attached hydrogens (tertiary/aromatic N) is 1. The molecule has 0 saturated heterocycles. The Labute approximate surface area is 128 Å². The van der Waals surface area contributed by atoms with E-state index in [1.165, 1.54) is 0 Å². The topological polar surface area (TPSA) is 67.5 Å². The molecule has 0 aliphatic carbocycles. The molecule has 0 amide bonds. The van der Waals surface area contributed by atoms with Crippen molar-refractivity contribution >= 4 is 11.6 Å². The molecule has 0 aliphatic heterocycles. The van der Waals surface area contributed by atoms with Crippen molar-refractivity contribution in [2.45, 2.75) is 26.5 Å². The number of aryl methyl sites for hydroxylation is 2. The number of halogens is 1. The molecule has 2 N–H and O–H groups in total. The Morgan fingerprint density at radius 3 is 2.67 bits per heavy atom. The van der Waals surface area contributed by atoms with Gasteiger partial charge in [-0.1, -0.05) is 11.6 Å². The fraction of sp³-hybridized carbons (Fsp3) is 0.400. The van der Waals surface area contributed by atoms with Gasteiger partial charge < -0.3 is 19.6 Å². The van der Waals surface area contributed by atoms with Crippen LogP contribution in [0.4, 0.5) is 0 Å². The van der Waals surface area contributed by atoms with Crippen molar-refractivity contribution in [3.05, 3.63) is 46.6 Å². The van der Waals surface area contributed by atoms with E-state index in [-0.39, 0.29) is 6.61 Å². The minimum absolute atomic E-state index is 0.207. The first-order valence-corrected chi connectivity index (χ1v) is 7.12. The van der Waals surface area contributed by atoms with Crippen LogP contribution in [0.1, 0.15) is 17.3 Å². The van der Waals surface area contributed by atoms with Crippen molar-refractivity contribution in [1.29, 1.82) is 0 Å². The van der Waals surface area contributed by atoms with Crippen LogP contribution in [-0.4, -0.2) is 29.3 Å². The second-order valence-electron chi connectivity index (χ2n) is 4.80. The van der Waals surface area contributed by atoms with Crippen molar-refractivity contribution < 1.29 is 14.3 Å². The SMILES string of the molecule is Cc1nc(CNCC(O)COc2ccc(Cl)cc2)oc1C. The summed E-state index contributed by atoms with van der Waals surface area (Å²) in [5.41, 5.74) is 0.887. The Hall–Kier alpha value is -1.56. The maximum Gasteiger partial charge on any atom is 0.208 e. The molecule has 2 aromatic rings. The summed E-state index contributed by atoms with van der Waals surface area (Å²) in [6.45, 7) is 4.86. The normalized spacial score (nSPS) is 12.4. The number of aliphatic hydroxyl groups is 1. The molecule has 1 unspecified atom stereocenters. The number of ether oxygens (including phenoxy) is 1. The second-order valence-corrected chi connectivity index (χ2v) is 5.24. The summed E-state index contributed by atoms with van der Waals surface area (Å²) in [5, 5.41) is 13.6. The highest BCUT2D eigenvalue weighted by molar-refractivity contribution is 6.30. The summed E-state index contributed by atoms with van der Waals surface area (Å²) in [6.07, 6.45) is -0.613. The lowest BCUT2D eigenvalue weighted by atomic mass is 10.3. The predicted molar refractivity (Wildman–Crippen MR) is 80.6 cm³/mol. The third-order valence-corrected chi connectivity index (χ3v) is 3.24. The first-order chi connectivity index (χ1) is 10.0. The number of aliphatic hydroxyl groups excluding tert-OH is 1. The van der Waals surface area contributed by atoms with E-state index >= 15 is 0 Å². The molecule has 1 aromatic heterocycles. The summed E-state index contributed by atoms with van der Waals surface area (Å²) in [4.78, 5) is 4.25. The molecule has 0 radical (unpaired) electrons. The van der Waals surface area contributed by atoms with Gasteiger partial charge in [0, 0.05) is 11.6 Å². The predicted octanol–water partition coefficient (Wildman–Crippen LogP) is 2.47. The molecule has 5 nitrogen and oxygen atoms in total. The van der Waals surface area contributed by atoms with Gasteiger partial charge in [-0.15, -0.1) is 0 Å². The maximum absolute atomic E-state index is 9.84. The van der Waals surface area contributed by atoms with Gasteiger partial charge in [-0.3, -0.25) is 0 Å². The van der Waals surface area contributed by atoms with Gasteiger partial charge >= 0.3 is 0 Å². The summed E-state index contributed by atoms with van der Waals surface area (Å²) < 4.78 is 10.9. The van der Waals surface area contributed by atoms with Crippen molar-refractivity contribution in [3.8, 4) is 5.75 Å². The van der Waals surface area contributed by atoms with E-state index < -0.39 is 6.10 Å². The Bertz CT molecular complexity index is 549. The highest BCUT2D eigenvalue weighted by atomic mass is 35.5. The van der Waals surface area contributed by atoms with Crippen LogP contribution in [0.25, 0.3) is 0 Å². The third kappa shape index (κ3) is 5.04. The van der Waals surface area contributed by atoms with E-state index in [9.17, 15) is 5.11 Å². The number of nitrogens with one attached hydrogen (secondary N) is 1. The second kappa shape index (κ2) is 7.45. The van der Waals surface area contributed by atoms with Crippen molar-refractivity contribution in [3.63, 3.8) is 0 Å². The standard InChI is InChI=1S/C15H19ClN2O3/c1-10-11(2)21-15(18-10)8-17-7-13(19)9-20-14-5-3-12(16)4-6-14/h3-6,13,17,19H,7-9H2,1-2H3. The zero-order valence-electron chi connectivity index (χ0n) is 12.1. The minimum atomic E-state index is -0.613. The summed E-state index contributed by atoms with van der Waals surface area (Å²) >= 11 is 5.78. The van der Waals surface area contributed by atoms with E-state index in [2.05, 4.69) is 10.3 Å². The highest BCUT2D eigenvalue weighted by Crippen LogP contribution is 2.15. The molecular weight excluding hydrogens is 292 g/mol. The maximum atomic E-state index is 9.84. The average molecular weight is 311 g/mol. The molecule has 114 valence electrons. The smallest absolute Gasteiger partial charge is 0.208 e. The highest BCUT2D eigenvalue weighted by Gasteiger charge is 2.08. The molecule has 6 heteroatoms. The molecule has 0 aliphatic rings. The molecule has 0 spiro atoms. The average Bonchev–Trinajstić information content (AvgIpc) is 2.77. The van der Waals surface area contributed by atoms with Crippen LogP contribution in [0.3, 0.4) is 0 Å². The molecule has 21 heavy (non-hydrogen) atoms. The third-order valence-electron chi connectivity index (χ3n) is 2.99. The lowest BCUT2D eigenvalue weighted by molar-refractivity contribution is 0.105. The van der Waals surface area contributed by atoms with Crippen LogP contribution in [0.15, 0.2) is 28.7 Å². The van der Waals surface area contributed by atoms with E-state index in [1.54, 1.807) is 24.3 Å². The van der Waals surface area contributed by atoms with Crippen LogP contribution in [-0.2, 0) is 6.54 Å². The molecule has 0 saturated carbocycles. The molecule has 2 rings (SSSR count). The van der Waals surface area contributed by atoms with Gasteiger partial charge in [-0.2, -0.15) is 0 Å². The first kappa shape index (κ1) is 15.8. The number of hydrogen-bond donors (Lipinski definition) is 2. The lowest BCUT2D eigenvalue weighted by Crippen LogP contribution is -2.31. The van der Waals surface area contributed by atoms with Crippen molar-refractivity contribution in [2.24, 2.45) is 0 Å². The van der Waals surface area contributed by atoms with Crippen LogP contribution >= 0.6 is 11.6 Å².